The van der Waals surface area contributed by atoms with Crippen LogP contribution in [0.1, 0.15) is 16.7 Å². The van der Waals surface area contributed by atoms with Gasteiger partial charge in [0.1, 0.15) is 5.75 Å². The molecule has 0 aliphatic rings. The number of sulfonamides is 1. The van der Waals surface area contributed by atoms with Crippen molar-refractivity contribution in [2.45, 2.75) is 19.8 Å². The highest BCUT2D eigenvalue weighted by Gasteiger charge is 2.08. The fraction of sp³-hybridized carbons (Fsp3) is 0.263. The Morgan fingerprint density at radius 2 is 1.61 bits per heavy atom. The molecule has 0 saturated heterocycles. The van der Waals surface area contributed by atoms with Gasteiger partial charge >= 0.3 is 11.9 Å². The molecule has 0 saturated carbocycles. The van der Waals surface area contributed by atoms with Gasteiger partial charge in [-0.1, -0.05) is 24.3 Å². The minimum atomic E-state index is -3.32. The first-order valence-corrected chi connectivity index (χ1v) is 10.0. The number of carbonyl (C=O) groups excluding carboxylic acids is 1. The number of carboxylic acids is 1. The monoisotopic (exact) mass is 409 g/mol. The fourth-order valence-corrected chi connectivity index (χ4v) is 2.74. The Hall–Kier alpha value is -3.07. The highest BCUT2D eigenvalue weighted by atomic mass is 32.2. The predicted molar refractivity (Wildman–Crippen MR) is 105 cm³/mol. The number of aromatic hydroxyl groups is 1. The van der Waals surface area contributed by atoms with Crippen molar-refractivity contribution in [1.29, 1.82) is 0 Å². The average molecular weight is 409 g/mol. The summed E-state index contributed by atoms with van der Waals surface area (Å²) in [6, 6.07) is 11.3. The molecule has 2 aromatic rings. The number of benzene rings is 2. The van der Waals surface area contributed by atoms with E-state index >= 15 is 0 Å². The number of ether oxygens (including phenoxy) is 1. The van der Waals surface area contributed by atoms with Gasteiger partial charge in [0.25, 0.3) is 0 Å². The summed E-state index contributed by atoms with van der Waals surface area (Å²) in [5.74, 6) is -1.08. The summed E-state index contributed by atoms with van der Waals surface area (Å²) in [7, 11) is -2.00. The molecule has 3 N–H and O–H groups in total. The van der Waals surface area contributed by atoms with Crippen molar-refractivity contribution in [3.05, 3.63) is 59.2 Å². The normalized spacial score (nSPS) is 10.4. The molecule has 0 heterocycles. The van der Waals surface area contributed by atoms with Gasteiger partial charge in [-0.25, -0.2) is 8.42 Å². The van der Waals surface area contributed by atoms with Gasteiger partial charge in [0, 0.05) is 0 Å². The van der Waals surface area contributed by atoms with E-state index in [0.717, 1.165) is 11.8 Å². The molecule has 0 fully saturated rings. The van der Waals surface area contributed by atoms with Crippen molar-refractivity contribution in [2.75, 3.05) is 18.1 Å². The molecule has 8 nitrogen and oxygen atoms in total. The second-order valence-electron chi connectivity index (χ2n) is 6.01. The van der Waals surface area contributed by atoms with E-state index in [-0.39, 0.29) is 24.6 Å². The topological polar surface area (TPSA) is 130 Å². The summed E-state index contributed by atoms with van der Waals surface area (Å²) < 4.78 is 29.2. The Morgan fingerprint density at radius 3 is 2.11 bits per heavy atom. The summed E-state index contributed by atoms with van der Waals surface area (Å²) in [5.41, 5.74) is 2.67. The third-order valence-electron chi connectivity index (χ3n) is 3.47. The van der Waals surface area contributed by atoms with E-state index in [1.54, 1.807) is 37.3 Å². The Morgan fingerprint density at radius 1 is 1.04 bits per heavy atom. The van der Waals surface area contributed by atoms with E-state index in [1.165, 1.54) is 19.2 Å². The number of hydrogen-bond acceptors (Lipinski definition) is 6. The highest BCUT2D eigenvalue weighted by molar-refractivity contribution is 7.92. The molecule has 0 unspecified atom stereocenters. The van der Waals surface area contributed by atoms with Crippen LogP contribution in [0.15, 0.2) is 42.5 Å². The lowest BCUT2D eigenvalue weighted by Crippen LogP contribution is -2.11. The highest BCUT2D eigenvalue weighted by Crippen LogP contribution is 2.18. The molecule has 0 atom stereocenters. The van der Waals surface area contributed by atoms with Crippen molar-refractivity contribution in [3.8, 4) is 5.75 Å². The zero-order valence-electron chi connectivity index (χ0n) is 15.8. The minimum Gasteiger partial charge on any atom is -0.508 e. The Balaban J connectivity index is 0.000000307. The van der Waals surface area contributed by atoms with E-state index in [0.29, 0.717) is 16.8 Å². The van der Waals surface area contributed by atoms with E-state index in [2.05, 4.69) is 9.46 Å². The number of aryl methyl sites for hydroxylation is 1. The number of rotatable bonds is 6. The first kappa shape index (κ1) is 23.0. The number of methoxy groups -OCH3 is 1. The number of anilines is 1. The summed E-state index contributed by atoms with van der Waals surface area (Å²) in [6.07, 6.45) is 1.20. The molecule has 28 heavy (non-hydrogen) atoms. The van der Waals surface area contributed by atoms with E-state index in [9.17, 15) is 18.0 Å². The number of carboxylic acid groups (broad SMARTS) is 1. The van der Waals surface area contributed by atoms with Gasteiger partial charge in [0.15, 0.2) is 0 Å². The lowest BCUT2D eigenvalue weighted by atomic mass is 10.1. The maximum absolute atomic E-state index is 11.1. The number of phenols is 1. The largest absolute Gasteiger partial charge is 0.508 e. The number of carbonyl (C=O) groups is 2. The molecular weight excluding hydrogens is 386 g/mol. The number of hydrogen-bond donors (Lipinski definition) is 3. The van der Waals surface area contributed by atoms with Crippen molar-refractivity contribution in [2.24, 2.45) is 0 Å². The van der Waals surface area contributed by atoms with Crippen molar-refractivity contribution >= 4 is 27.6 Å². The number of aliphatic carboxylic acids is 1. The van der Waals surface area contributed by atoms with E-state index in [4.69, 9.17) is 10.2 Å². The molecule has 0 amide bonds. The zero-order chi connectivity index (χ0) is 21.3. The number of nitrogens with one attached hydrogen (secondary N) is 1. The Labute approximate surface area is 163 Å². The smallest absolute Gasteiger partial charge is 0.309 e. The van der Waals surface area contributed by atoms with Crippen LogP contribution in [0.3, 0.4) is 0 Å². The second kappa shape index (κ2) is 10.3. The van der Waals surface area contributed by atoms with Crippen LogP contribution in [0.25, 0.3) is 0 Å². The van der Waals surface area contributed by atoms with Crippen LogP contribution < -0.4 is 4.72 Å². The van der Waals surface area contributed by atoms with Crippen LogP contribution in [-0.4, -0.2) is 43.9 Å². The second-order valence-corrected chi connectivity index (χ2v) is 7.76. The van der Waals surface area contributed by atoms with Gasteiger partial charge in [-0.05, 0) is 41.8 Å². The first-order chi connectivity index (χ1) is 13.0. The third-order valence-corrected chi connectivity index (χ3v) is 4.06. The van der Waals surface area contributed by atoms with Crippen molar-refractivity contribution in [1.82, 2.24) is 0 Å². The molecule has 2 rings (SSSR count). The van der Waals surface area contributed by atoms with Crippen LogP contribution in [0.5, 0.6) is 5.75 Å². The van der Waals surface area contributed by atoms with Gasteiger partial charge in [-0.15, -0.1) is 0 Å². The average Bonchev–Trinajstić information content (AvgIpc) is 2.59. The summed E-state index contributed by atoms with van der Waals surface area (Å²) in [6.45, 7) is 1.79. The molecule has 0 aliphatic carbocycles. The SMILES string of the molecule is COC(=O)Cc1ccc(C)c(NS(C)(=O)=O)c1.O=C(O)Cc1ccc(O)cc1. The third kappa shape index (κ3) is 9.04. The Kier molecular flexibility index (Phi) is 8.46. The summed E-state index contributed by atoms with van der Waals surface area (Å²) in [5, 5.41) is 17.2. The molecule has 0 bridgehead atoms. The molecule has 0 aromatic heterocycles. The number of phenolic OH excluding ortho intramolecular Hbond substituents is 1. The van der Waals surface area contributed by atoms with Crippen molar-refractivity contribution < 1.29 is 33.0 Å². The lowest BCUT2D eigenvalue weighted by Gasteiger charge is -2.09. The molecule has 0 spiro atoms. The maximum Gasteiger partial charge on any atom is 0.309 e. The van der Waals surface area contributed by atoms with Gasteiger partial charge < -0.3 is 14.9 Å². The van der Waals surface area contributed by atoms with E-state index in [1.807, 2.05) is 0 Å². The molecule has 0 radical (unpaired) electrons. The van der Waals surface area contributed by atoms with Crippen LogP contribution in [-0.2, 0) is 37.2 Å². The van der Waals surface area contributed by atoms with Crippen LogP contribution in [0, 0.1) is 6.92 Å². The summed E-state index contributed by atoms with van der Waals surface area (Å²) in [4.78, 5) is 21.3. The van der Waals surface area contributed by atoms with Crippen LogP contribution >= 0.6 is 0 Å². The molecular formula is C19H23NO7S. The van der Waals surface area contributed by atoms with Gasteiger partial charge in [-0.2, -0.15) is 0 Å². The van der Waals surface area contributed by atoms with Crippen molar-refractivity contribution in [3.63, 3.8) is 0 Å². The van der Waals surface area contributed by atoms with Crippen LogP contribution in [0.2, 0.25) is 0 Å². The fourth-order valence-electron chi connectivity index (χ4n) is 2.12. The lowest BCUT2D eigenvalue weighted by molar-refractivity contribution is -0.140. The summed E-state index contributed by atoms with van der Waals surface area (Å²) >= 11 is 0. The molecule has 9 heteroatoms. The molecule has 0 aliphatic heterocycles. The Bertz CT molecular complexity index is 922. The standard InChI is InChI=1S/C11H15NO4S.C8H8O3/c1-8-4-5-9(7-11(13)16-2)6-10(8)12-17(3,14)15;9-7-3-1-6(2-4-7)5-8(10)11/h4-6,12H,7H2,1-3H3;1-4,9H,5H2,(H,10,11). The quantitative estimate of drug-likeness (QED) is 0.623. The maximum atomic E-state index is 11.1. The van der Waals surface area contributed by atoms with Gasteiger partial charge in [0.05, 0.1) is 31.9 Å². The van der Waals surface area contributed by atoms with Gasteiger partial charge in [-0.3, -0.25) is 14.3 Å². The zero-order valence-corrected chi connectivity index (χ0v) is 16.6. The van der Waals surface area contributed by atoms with E-state index < -0.39 is 16.0 Å². The molecule has 152 valence electrons. The van der Waals surface area contributed by atoms with Gasteiger partial charge in [0.2, 0.25) is 10.0 Å². The van der Waals surface area contributed by atoms with Crippen LogP contribution in [0.4, 0.5) is 5.69 Å². The number of esters is 1. The molecule has 2 aromatic carbocycles. The first-order valence-electron chi connectivity index (χ1n) is 8.14. The minimum absolute atomic E-state index is 0.000278. The predicted octanol–water partition coefficient (Wildman–Crippen LogP) is 2.10.